The van der Waals surface area contributed by atoms with Crippen LogP contribution in [0, 0.1) is 5.92 Å². The molecule has 1 saturated heterocycles. The molecule has 3 heteroatoms. The third-order valence-corrected chi connectivity index (χ3v) is 3.09. The lowest BCUT2D eigenvalue weighted by atomic mass is 9.98. The molecule has 1 aliphatic rings. The molecule has 0 radical (unpaired) electrons. The minimum atomic E-state index is 0.177. The second-order valence-corrected chi connectivity index (χ2v) is 4.52. The van der Waals surface area contributed by atoms with Gasteiger partial charge in [-0.15, -0.1) is 0 Å². The Labute approximate surface area is 91.8 Å². The molecule has 0 bridgehead atoms. The van der Waals surface area contributed by atoms with Gasteiger partial charge in [-0.05, 0) is 30.5 Å². The fourth-order valence-electron chi connectivity index (χ4n) is 1.74. The van der Waals surface area contributed by atoms with Crippen LogP contribution in [0.1, 0.15) is 12.0 Å². The monoisotopic (exact) mass is 253 g/mol. The highest BCUT2D eigenvalue weighted by atomic mass is 79.9. The molecule has 0 spiro atoms. The Bertz CT molecular complexity index is 334. The van der Waals surface area contributed by atoms with Crippen LogP contribution in [0.15, 0.2) is 28.7 Å². The first-order chi connectivity index (χ1) is 6.75. The van der Waals surface area contributed by atoms with E-state index in [2.05, 4.69) is 33.4 Å². The standard InChI is InChI=1S/C11H12BrNO/c12-10-3-1-8(2-4-10)7-9-5-6-13-11(9)14/h1-4,9H,5-7H2,(H,13,14). The van der Waals surface area contributed by atoms with E-state index >= 15 is 0 Å². The predicted octanol–water partition coefficient (Wildman–Crippen LogP) is 2.13. The topological polar surface area (TPSA) is 29.1 Å². The van der Waals surface area contributed by atoms with Gasteiger partial charge in [0.1, 0.15) is 0 Å². The smallest absolute Gasteiger partial charge is 0.223 e. The molecule has 0 saturated carbocycles. The molecule has 1 heterocycles. The summed E-state index contributed by atoms with van der Waals surface area (Å²) in [7, 11) is 0. The number of hydrogen-bond acceptors (Lipinski definition) is 1. The number of benzene rings is 1. The minimum absolute atomic E-state index is 0.177. The molecule has 1 unspecified atom stereocenters. The van der Waals surface area contributed by atoms with Crippen molar-refractivity contribution < 1.29 is 4.79 Å². The zero-order valence-corrected chi connectivity index (χ0v) is 9.38. The average molecular weight is 254 g/mol. The number of rotatable bonds is 2. The summed E-state index contributed by atoms with van der Waals surface area (Å²) in [4.78, 5) is 11.3. The van der Waals surface area contributed by atoms with Gasteiger partial charge in [0.05, 0.1) is 0 Å². The van der Waals surface area contributed by atoms with Crippen LogP contribution < -0.4 is 5.32 Å². The minimum Gasteiger partial charge on any atom is -0.356 e. The van der Waals surface area contributed by atoms with Gasteiger partial charge in [-0.25, -0.2) is 0 Å². The normalized spacial score (nSPS) is 20.9. The van der Waals surface area contributed by atoms with Gasteiger partial charge in [0.15, 0.2) is 0 Å². The second kappa shape index (κ2) is 4.13. The summed E-state index contributed by atoms with van der Waals surface area (Å²) in [6.07, 6.45) is 1.83. The van der Waals surface area contributed by atoms with Crippen molar-refractivity contribution in [3.8, 4) is 0 Å². The summed E-state index contributed by atoms with van der Waals surface area (Å²) < 4.78 is 1.08. The number of halogens is 1. The molecule has 1 aromatic carbocycles. The molecule has 2 rings (SSSR count). The van der Waals surface area contributed by atoms with Crippen molar-refractivity contribution in [3.63, 3.8) is 0 Å². The van der Waals surface area contributed by atoms with Crippen LogP contribution in [0.4, 0.5) is 0 Å². The van der Waals surface area contributed by atoms with Gasteiger partial charge in [0, 0.05) is 16.9 Å². The van der Waals surface area contributed by atoms with Crippen LogP contribution in [-0.2, 0) is 11.2 Å². The van der Waals surface area contributed by atoms with Crippen molar-refractivity contribution in [2.45, 2.75) is 12.8 Å². The maximum absolute atomic E-state index is 11.3. The largest absolute Gasteiger partial charge is 0.356 e. The highest BCUT2D eigenvalue weighted by molar-refractivity contribution is 9.10. The van der Waals surface area contributed by atoms with Crippen LogP contribution in [-0.4, -0.2) is 12.5 Å². The van der Waals surface area contributed by atoms with E-state index in [0.717, 1.165) is 23.9 Å². The molecule has 2 nitrogen and oxygen atoms in total. The van der Waals surface area contributed by atoms with E-state index in [4.69, 9.17) is 0 Å². The Morgan fingerprint density at radius 1 is 1.36 bits per heavy atom. The lowest BCUT2D eigenvalue weighted by Crippen LogP contribution is -2.20. The van der Waals surface area contributed by atoms with Crippen LogP contribution in [0.3, 0.4) is 0 Å². The number of nitrogens with one attached hydrogen (secondary N) is 1. The summed E-state index contributed by atoms with van der Waals surface area (Å²) in [5.74, 6) is 0.379. The molecule has 14 heavy (non-hydrogen) atoms. The Balaban J connectivity index is 2.03. The van der Waals surface area contributed by atoms with Crippen molar-refractivity contribution in [1.29, 1.82) is 0 Å². The summed E-state index contributed by atoms with van der Waals surface area (Å²) in [6.45, 7) is 0.833. The van der Waals surface area contributed by atoms with Crippen molar-refractivity contribution >= 4 is 21.8 Å². The first-order valence-corrected chi connectivity index (χ1v) is 5.57. The first kappa shape index (κ1) is 9.71. The zero-order chi connectivity index (χ0) is 9.97. The van der Waals surface area contributed by atoms with Gasteiger partial charge in [-0.3, -0.25) is 4.79 Å². The van der Waals surface area contributed by atoms with E-state index in [-0.39, 0.29) is 11.8 Å². The Hall–Kier alpha value is -0.830. The fraction of sp³-hybridized carbons (Fsp3) is 0.364. The van der Waals surface area contributed by atoms with E-state index in [1.165, 1.54) is 5.56 Å². The van der Waals surface area contributed by atoms with E-state index < -0.39 is 0 Å². The number of carbonyl (C=O) groups is 1. The van der Waals surface area contributed by atoms with Crippen LogP contribution >= 0.6 is 15.9 Å². The maximum atomic E-state index is 11.3. The van der Waals surface area contributed by atoms with E-state index in [0.29, 0.717) is 0 Å². The van der Waals surface area contributed by atoms with Gasteiger partial charge in [-0.2, -0.15) is 0 Å². The van der Waals surface area contributed by atoms with E-state index in [1.807, 2.05) is 12.1 Å². The maximum Gasteiger partial charge on any atom is 0.223 e. The van der Waals surface area contributed by atoms with Gasteiger partial charge in [0.2, 0.25) is 5.91 Å². The first-order valence-electron chi connectivity index (χ1n) is 4.78. The Kier molecular flexibility index (Phi) is 2.87. The summed E-state index contributed by atoms with van der Waals surface area (Å²) in [6, 6.07) is 8.16. The second-order valence-electron chi connectivity index (χ2n) is 3.61. The molecule has 74 valence electrons. The number of carbonyl (C=O) groups excluding carboxylic acids is 1. The Morgan fingerprint density at radius 3 is 2.64 bits per heavy atom. The van der Waals surface area contributed by atoms with Crippen molar-refractivity contribution in [3.05, 3.63) is 34.3 Å². The molecule has 1 fully saturated rings. The molecule has 1 aromatic rings. The molecule has 1 N–H and O–H groups in total. The van der Waals surface area contributed by atoms with Gasteiger partial charge in [0.25, 0.3) is 0 Å². The number of amides is 1. The summed E-state index contributed by atoms with van der Waals surface area (Å²) in [5, 5.41) is 2.85. The third kappa shape index (κ3) is 2.15. The lowest BCUT2D eigenvalue weighted by Gasteiger charge is -2.06. The third-order valence-electron chi connectivity index (χ3n) is 2.56. The van der Waals surface area contributed by atoms with E-state index in [9.17, 15) is 4.79 Å². The van der Waals surface area contributed by atoms with Gasteiger partial charge < -0.3 is 5.32 Å². The summed E-state index contributed by atoms with van der Waals surface area (Å²) in [5.41, 5.74) is 1.23. The predicted molar refractivity (Wildman–Crippen MR) is 59.0 cm³/mol. The van der Waals surface area contributed by atoms with Crippen LogP contribution in [0.2, 0.25) is 0 Å². The SMILES string of the molecule is O=C1NCCC1Cc1ccc(Br)cc1. The van der Waals surface area contributed by atoms with Crippen molar-refractivity contribution in [1.82, 2.24) is 5.32 Å². The van der Waals surface area contributed by atoms with Crippen LogP contribution in [0.5, 0.6) is 0 Å². The molecule has 1 aliphatic heterocycles. The average Bonchev–Trinajstić information content (AvgIpc) is 2.56. The quantitative estimate of drug-likeness (QED) is 0.860. The van der Waals surface area contributed by atoms with Crippen molar-refractivity contribution in [2.24, 2.45) is 5.92 Å². The highest BCUT2D eigenvalue weighted by Crippen LogP contribution is 2.18. The molecule has 1 amide bonds. The van der Waals surface area contributed by atoms with Gasteiger partial charge in [-0.1, -0.05) is 28.1 Å². The zero-order valence-electron chi connectivity index (χ0n) is 7.79. The number of hydrogen-bond donors (Lipinski definition) is 1. The Morgan fingerprint density at radius 2 is 2.07 bits per heavy atom. The molecule has 1 atom stereocenters. The fourth-order valence-corrected chi connectivity index (χ4v) is 2.01. The van der Waals surface area contributed by atoms with Gasteiger partial charge >= 0.3 is 0 Å². The molecular weight excluding hydrogens is 242 g/mol. The molecular formula is C11H12BrNO. The van der Waals surface area contributed by atoms with Crippen molar-refractivity contribution in [2.75, 3.05) is 6.54 Å². The molecule has 0 aliphatic carbocycles. The summed E-state index contributed by atoms with van der Waals surface area (Å²) >= 11 is 3.39. The van der Waals surface area contributed by atoms with Crippen LogP contribution in [0.25, 0.3) is 0 Å². The molecule has 0 aromatic heterocycles. The lowest BCUT2D eigenvalue weighted by molar-refractivity contribution is -0.122. The highest BCUT2D eigenvalue weighted by Gasteiger charge is 2.23. The van der Waals surface area contributed by atoms with E-state index in [1.54, 1.807) is 0 Å².